The van der Waals surface area contributed by atoms with E-state index in [1.165, 1.54) is 0 Å². The van der Waals surface area contributed by atoms with Gasteiger partial charge in [0, 0.05) is 5.69 Å². The number of aromatic hydroxyl groups is 1. The number of carbonyl (C=O) groups is 1. The average molecular weight is 451 g/mol. The number of phenolic OH excluding ortho intramolecular Hbond substituents is 1. The third kappa shape index (κ3) is 5.94. The van der Waals surface area contributed by atoms with E-state index >= 15 is 0 Å². The minimum Gasteiger partial charge on any atom is -0.506 e. The SMILES string of the molecule is Cc1ccc(C(C)C)c(OCC(=O)NC(=S)Nc2cc(C)c(O)c(Br)c2)c1. The molecule has 0 atom stereocenters. The van der Waals surface area contributed by atoms with Gasteiger partial charge in [0.1, 0.15) is 11.5 Å². The van der Waals surface area contributed by atoms with Crippen molar-refractivity contribution in [3.8, 4) is 11.5 Å². The fraction of sp³-hybridized carbons (Fsp3) is 0.300. The molecule has 7 heteroatoms. The van der Waals surface area contributed by atoms with E-state index in [1.807, 2.05) is 25.1 Å². The summed E-state index contributed by atoms with van der Waals surface area (Å²) in [6.07, 6.45) is 0. The van der Waals surface area contributed by atoms with Crippen molar-refractivity contribution in [3.05, 3.63) is 51.5 Å². The minimum absolute atomic E-state index is 0.136. The van der Waals surface area contributed by atoms with Crippen LogP contribution in [0.1, 0.15) is 36.5 Å². The van der Waals surface area contributed by atoms with Gasteiger partial charge in [-0.1, -0.05) is 26.0 Å². The van der Waals surface area contributed by atoms with Crippen LogP contribution < -0.4 is 15.4 Å². The van der Waals surface area contributed by atoms with Gasteiger partial charge >= 0.3 is 0 Å². The molecule has 0 aliphatic heterocycles. The second kappa shape index (κ2) is 9.19. The van der Waals surface area contributed by atoms with Gasteiger partial charge in [-0.05, 0) is 82.8 Å². The molecule has 0 fully saturated rings. The third-order valence-corrected chi connectivity index (χ3v) is 4.72. The molecule has 1 amide bonds. The van der Waals surface area contributed by atoms with Crippen LogP contribution in [-0.2, 0) is 4.79 Å². The number of nitrogens with one attached hydrogen (secondary N) is 2. The number of hydrogen-bond donors (Lipinski definition) is 3. The van der Waals surface area contributed by atoms with Crippen molar-refractivity contribution < 1.29 is 14.6 Å². The number of halogens is 1. The van der Waals surface area contributed by atoms with Crippen molar-refractivity contribution in [2.75, 3.05) is 11.9 Å². The standard InChI is InChI=1S/C20H23BrN2O3S/c1-11(2)15-6-5-12(3)7-17(15)26-10-18(24)23-20(27)22-14-8-13(4)19(25)16(21)9-14/h5-9,11,25H,10H2,1-4H3,(H2,22,23,24,27). The molecule has 0 bridgehead atoms. The summed E-state index contributed by atoms with van der Waals surface area (Å²) < 4.78 is 6.25. The Morgan fingerprint density at radius 1 is 1.26 bits per heavy atom. The number of anilines is 1. The van der Waals surface area contributed by atoms with Crippen molar-refractivity contribution in [2.45, 2.75) is 33.6 Å². The number of ether oxygens (including phenoxy) is 1. The lowest BCUT2D eigenvalue weighted by atomic mass is 10.0. The Labute approximate surface area is 173 Å². The van der Waals surface area contributed by atoms with E-state index in [4.69, 9.17) is 17.0 Å². The van der Waals surface area contributed by atoms with Gasteiger partial charge in [0.05, 0.1) is 4.47 Å². The molecule has 2 rings (SSSR count). The van der Waals surface area contributed by atoms with E-state index in [2.05, 4.69) is 40.4 Å². The Morgan fingerprint density at radius 3 is 2.59 bits per heavy atom. The largest absolute Gasteiger partial charge is 0.506 e. The zero-order valence-electron chi connectivity index (χ0n) is 15.7. The average Bonchev–Trinajstić information content (AvgIpc) is 2.57. The molecule has 0 aliphatic carbocycles. The molecule has 0 saturated heterocycles. The molecule has 5 nitrogen and oxygen atoms in total. The molecule has 3 N–H and O–H groups in total. The maximum atomic E-state index is 12.2. The molecule has 0 radical (unpaired) electrons. The first-order chi connectivity index (χ1) is 12.7. The smallest absolute Gasteiger partial charge is 0.264 e. The Kier molecular flexibility index (Phi) is 7.21. The highest BCUT2D eigenvalue weighted by Crippen LogP contribution is 2.31. The van der Waals surface area contributed by atoms with Crippen molar-refractivity contribution in [1.29, 1.82) is 0 Å². The van der Waals surface area contributed by atoms with E-state index in [9.17, 15) is 9.90 Å². The number of amides is 1. The molecular formula is C20H23BrN2O3S. The number of rotatable bonds is 5. The van der Waals surface area contributed by atoms with E-state index in [1.54, 1.807) is 19.1 Å². The van der Waals surface area contributed by atoms with Gasteiger partial charge in [-0.15, -0.1) is 0 Å². The molecule has 144 valence electrons. The molecule has 0 saturated carbocycles. The highest BCUT2D eigenvalue weighted by atomic mass is 79.9. The predicted octanol–water partition coefficient (Wildman–Crippen LogP) is 4.79. The Bertz CT molecular complexity index is 845. The number of phenols is 1. The third-order valence-electron chi connectivity index (χ3n) is 3.91. The first-order valence-electron chi connectivity index (χ1n) is 8.50. The lowest BCUT2D eigenvalue weighted by molar-refractivity contribution is -0.121. The van der Waals surface area contributed by atoms with E-state index in [0.717, 1.165) is 11.1 Å². The van der Waals surface area contributed by atoms with Gasteiger partial charge in [-0.3, -0.25) is 10.1 Å². The van der Waals surface area contributed by atoms with Crippen LogP contribution in [0.25, 0.3) is 0 Å². The highest BCUT2D eigenvalue weighted by Gasteiger charge is 2.12. The quantitative estimate of drug-likeness (QED) is 0.451. The number of benzene rings is 2. The van der Waals surface area contributed by atoms with Gasteiger partial charge in [0.25, 0.3) is 5.91 Å². The van der Waals surface area contributed by atoms with Crippen molar-refractivity contribution in [3.63, 3.8) is 0 Å². The molecule has 0 spiro atoms. The summed E-state index contributed by atoms with van der Waals surface area (Å²) in [5, 5.41) is 15.5. The van der Waals surface area contributed by atoms with Gasteiger partial charge < -0.3 is 15.2 Å². The van der Waals surface area contributed by atoms with Gasteiger partial charge in [-0.2, -0.15) is 0 Å². The summed E-state index contributed by atoms with van der Waals surface area (Å²) in [4.78, 5) is 12.2. The zero-order chi connectivity index (χ0) is 20.1. The highest BCUT2D eigenvalue weighted by molar-refractivity contribution is 9.10. The molecule has 27 heavy (non-hydrogen) atoms. The van der Waals surface area contributed by atoms with Crippen LogP contribution in [-0.4, -0.2) is 22.7 Å². The molecular weight excluding hydrogens is 428 g/mol. The molecule has 0 unspecified atom stereocenters. The van der Waals surface area contributed by atoms with Crippen molar-refractivity contribution in [1.82, 2.24) is 5.32 Å². The van der Waals surface area contributed by atoms with Crippen LogP contribution in [0.2, 0.25) is 0 Å². The summed E-state index contributed by atoms with van der Waals surface area (Å²) in [6, 6.07) is 9.38. The summed E-state index contributed by atoms with van der Waals surface area (Å²) in [7, 11) is 0. The monoisotopic (exact) mass is 450 g/mol. The van der Waals surface area contributed by atoms with Crippen LogP contribution in [0.4, 0.5) is 5.69 Å². The number of aryl methyl sites for hydroxylation is 2. The second-order valence-corrected chi connectivity index (χ2v) is 7.87. The maximum absolute atomic E-state index is 12.2. The molecule has 2 aromatic rings. The molecule has 0 aliphatic rings. The zero-order valence-corrected chi connectivity index (χ0v) is 18.1. The van der Waals surface area contributed by atoms with E-state index in [-0.39, 0.29) is 23.4 Å². The summed E-state index contributed by atoms with van der Waals surface area (Å²) in [6.45, 7) is 7.77. The first kappa shape index (κ1) is 21.2. The first-order valence-corrected chi connectivity index (χ1v) is 9.70. The molecule has 0 aromatic heterocycles. The predicted molar refractivity (Wildman–Crippen MR) is 116 cm³/mol. The van der Waals surface area contributed by atoms with Crippen molar-refractivity contribution in [2.24, 2.45) is 0 Å². The lowest BCUT2D eigenvalue weighted by Crippen LogP contribution is -2.37. The number of carbonyl (C=O) groups excluding carboxylic acids is 1. The molecule has 2 aromatic carbocycles. The van der Waals surface area contributed by atoms with Crippen LogP contribution in [0.15, 0.2) is 34.8 Å². The van der Waals surface area contributed by atoms with Gasteiger partial charge in [0.15, 0.2) is 11.7 Å². The Balaban J connectivity index is 1.94. The van der Waals surface area contributed by atoms with Crippen LogP contribution in [0, 0.1) is 13.8 Å². The summed E-state index contributed by atoms with van der Waals surface area (Å²) in [5.74, 6) is 0.820. The second-order valence-electron chi connectivity index (χ2n) is 6.61. The maximum Gasteiger partial charge on any atom is 0.264 e. The van der Waals surface area contributed by atoms with Gasteiger partial charge in [0.2, 0.25) is 0 Å². The Hall–Kier alpha value is -2.12. The summed E-state index contributed by atoms with van der Waals surface area (Å²) in [5.41, 5.74) is 3.47. The van der Waals surface area contributed by atoms with Crippen LogP contribution >= 0.6 is 28.1 Å². The lowest BCUT2D eigenvalue weighted by Gasteiger charge is -2.15. The fourth-order valence-electron chi connectivity index (χ4n) is 2.52. The summed E-state index contributed by atoms with van der Waals surface area (Å²) >= 11 is 8.45. The number of thiocarbonyl (C=S) groups is 1. The van der Waals surface area contributed by atoms with Gasteiger partial charge in [-0.25, -0.2) is 0 Å². The van der Waals surface area contributed by atoms with Crippen LogP contribution in [0.5, 0.6) is 11.5 Å². The van der Waals surface area contributed by atoms with E-state index in [0.29, 0.717) is 27.4 Å². The Morgan fingerprint density at radius 2 is 1.96 bits per heavy atom. The number of hydrogen-bond acceptors (Lipinski definition) is 4. The topological polar surface area (TPSA) is 70.6 Å². The van der Waals surface area contributed by atoms with Crippen LogP contribution in [0.3, 0.4) is 0 Å². The fourth-order valence-corrected chi connectivity index (χ4v) is 3.31. The van der Waals surface area contributed by atoms with Crippen molar-refractivity contribution >= 4 is 44.9 Å². The normalized spacial score (nSPS) is 10.6. The van der Waals surface area contributed by atoms with E-state index < -0.39 is 0 Å². The minimum atomic E-state index is -0.349. The molecule has 0 heterocycles.